The quantitative estimate of drug-likeness (QED) is 0.614. The minimum Gasteiger partial charge on any atom is -0.393 e. The summed E-state index contributed by atoms with van der Waals surface area (Å²) in [5.74, 6) is 2.80. The molecule has 4 rings (SSSR count). The molecule has 29 heavy (non-hydrogen) atoms. The fourth-order valence-electron chi connectivity index (χ4n) is 7.95. The molecule has 0 aromatic carbocycles. The molecule has 4 aliphatic carbocycles. The summed E-state index contributed by atoms with van der Waals surface area (Å²) < 4.78 is 0. The van der Waals surface area contributed by atoms with Crippen molar-refractivity contribution >= 4 is 5.78 Å². The molecule has 3 saturated carbocycles. The van der Waals surface area contributed by atoms with Gasteiger partial charge in [0.2, 0.25) is 0 Å². The Morgan fingerprint density at radius 3 is 2.69 bits per heavy atom. The lowest BCUT2D eigenvalue weighted by Crippen LogP contribution is -2.54. The fraction of sp³-hybridized carbons (Fsp3) is 0.885. The molecule has 0 amide bonds. The Kier molecular flexibility index (Phi) is 5.79. The topological polar surface area (TPSA) is 57.5 Å². The predicted octanol–water partition coefficient (Wildman–Crippen LogP) is 5.29. The number of aliphatic hydroxyl groups is 2. The number of carbonyl (C=O) groups is 1. The number of fused-ring (bicyclic) bond motifs is 5. The van der Waals surface area contributed by atoms with Crippen LogP contribution in [0.5, 0.6) is 0 Å². The van der Waals surface area contributed by atoms with Crippen LogP contribution < -0.4 is 0 Å². The Balaban J connectivity index is 1.51. The molecule has 0 aromatic rings. The maximum Gasteiger partial charge on any atom is 0.137 e. The zero-order chi connectivity index (χ0) is 21.0. The van der Waals surface area contributed by atoms with Crippen LogP contribution in [0.15, 0.2) is 11.6 Å². The van der Waals surface area contributed by atoms with E-state index in [-0.39, 0.29) is 29.0 Å². The Morgan fingerprint density at radius 1 is 1.21 bits per heavy atom. The van der Waals surface area contributed by atoms with E-state index in [4.69, 9.17) is 0 Å². The lowest BCUT2D eigenvalue weighted by molar-refractivity contribution is -0.144. The zero-order valence-electron chi connectivity index (χ0n) is 19.0. The van der Waals surface area contributed by atoms with Crippen LogP contribution in [0, 0.1) is 40.4 Å². The molecule has 0 spiro atoms. The summed E-state index contributed by atoms with van der Waals surface area (Å²) in [6.07, 6.45) is 12.0. The summed E-state index contributed by atoms with van der Waals surface area (Å²) in [5, 5.41) is 20.3. The molecular weight excluding hydrogens is 360 g/mol. The van der Waals surface area contributed by atoms with Crippen LogP contribution in [-0.2, 0) is 4.79 Å². The van der Waals surface area contributed by atoms with E-state index in [1.54, 1.807) is 0 Å². The second-order valence-electron chi connectivity index (χ2n) is 11.7. The molecule has 0 bridgehead atoms. The Labute approximate surface area is 177 Å². The van der Waals surface area contributed by atoms with Gasteiger partial charge < -0.3 is 10.2 Å². The van der Waals surface area contributed by atoms with Crippen LogP contribution >= 0.6 is 0 Å². The highest BCUT2D eigenvalue weighted by atomic mass is 16.3. The van der Waals surface area contributed by atoms with Crippen molar-refractivity contribution in [3.05, 3.63) is 11.6 Å². The van der Waals surface area contributed by atoms with E-state index in [1.807, 2.05) is 0 Å². The zero-order valence-corrected chi connectivity index (χ0v) is 19.0. The highest BCUT2D eigenvalue weighted by molar-refractivity contribution is 5.85. The number of rotatable bonds is 5. The molecule has 0 saturated heterocycles. The summed E-state index contributed by atoms with van der Waals surface area (Å²) in [6, 6.07) is 0. The van der Waals surface area contributed by atoms with Gasteiger partial charge in [-0.25, -0.2) is 0 Å². The summed E-state index contributed by atoms with van der Waals surface area (Å²) in [4.78, 5) is 13.6. The van der Waals surface area contributed by atoms with E-state index in [1.165, 1.54) is 18.4 Å². The molecule has 0 aromatic heterocycles. The highest BCUT2D eigenvalue weighted by Gasteiger charge is 2.61. The molecule has 0 aliphatic heterocycles. The van der Waals surface area contributed by atoms with Crippen molar-refractivity contribution in [1.29, 1.82) is 0 Å². The largest absolute Gasteiger partial charge is 0.393 e. The first-order chi connectivity index (χ1) is 13.7. The van der Waals surface area contributed by atoms with Crippen molar-refractivity contribution in [2.45, 2.75) is 104 Å². The number of carbonyl (C=O) groups excluding carboxylic acids is 1. The van der Waals surface area contributed by atoms with Gasteiger partial charge in [0.1, 0.15) is 5.78 Å². The van der Waals surface area contributed by atoms with Crippen LogP contribution in [0.3, 0.4) is 0 Å². The van der Waals surface area contributed by atoms with Gasteiger partial charge >= 0.3 is 0 Å². The van der Waals surface area contributed by atoms with Crippen LogP contribution in [0.25, 0.3) is 0 Å². The summed E-state index contributed by atoms with van der Waals surface area (Å²) >= 11 is 0. The Hall–Kier alpha value is -0.670. The SMILES string of the molecule is CC(C)C(O)CCCC1CCC2C3CC=C4CC(O)CCC4(C)C3C(=O)CC12C. The summed E-state index contributed by atoms with van der Waals surface area (Å²) in [5.41, 5.74) is 1.50. The van der Waals surface area contributed by atoms with Crippen LogP contribution in [0.1, 0.15) is 91.9 Å². The molecule has 8 unspecified atom stereocenters. The normalized spacial score (nSPS) is 45.4. The second kappa shape index (κ2) is 7.79. The Morgan fingerprint density at radius 2 is 1.97 bits per heavy atom. The van der Waals surface area contributed by atoms with Crippen molar-refractivity contribution < 1.29 is 15.0 Å². The van der Waals surface area contributed by atoms with E-state index >= 15 is 0 Å². The number of hydrogen-bond acceptors (Lipinski definition) is 3. The average molecular weight is 403 g/mol. The van der Waals surface area contributed by atoms with Crippen molar-refractivity contribution in [2.24, 2.45) is 40.4 Å². The molecule has 3 heteroatoms. The Bertz CT molecular complexity index is 667. The predicted molar refractivity (Wildman–Crippen MR) is 116 cm³/mol. The molecule has 8 atom stereocenters. The molecule has 2 N–H and O–H groups in total. The van der Waals surface area contributed by atoms with Gasteiger partial charge in [-0.3, -0.25) is 4.79 Å². The monoisotopic (exact) mass is 402 g/mol. The van der Waals surface area contributed by atoms with E-state index in [9.17, 15) is 15.0 Å². The summed E-state index contributed by atoms with van der Waals surface area (Å²) in [7, 11) is 0. The first kappa shape index (κ1) is 21.6. The van der Waals surface area contributed by atoms with Gasteiger partial charge in [-0.2, -0.15) is 0 Å². The first-order valence-corrected chi connectivity index (χ1v) is 12.2. The molecule has 4 aliphatic rings. The third-order valence-electron chi connectivity index (χ3n) is 9.78. The van der Waals surface area contributed by atoms with Crippen LogP contribution in [0.2, 0.25) is 0 Å². The number of allylic oxidation sites excluding steroid dienone is 1. The van der Waals surface area contributed by atoms with Gasteiger partial charge in [0.05, 0.1) is 12.2 Å². The summed E-state index contributed by atoms with van der Waals surface area (Å²) in [6.45, 7) is 8.91. The van der Waals surface area contributed by atoms with Crippen LogP contribution in [0.4, 0.5) is 0 Å². The third kappa shape index (κ3) is 3.55. The van der Waals surface area contributed by atoms with Gasteiger partial charge in [-0.15, -0.1) is 0 Å². The highest BCUT2D eigenvalue weighted by Crippen LogP contribution is 2.65. The molecule has 0 heterocycles. The minimum absolute atomic E-state index is 0.0139. The van der Waals surface area contributed by atoms with Gasteiger partial charge in [0.15, 0.2) is 0 Å². The number of aliphatic hydroxyl groups excluding tert-OH is 2. The van der Waals surface area contributed by atoms with E-state index < -0.39 is 0 Å². The van der Waals surface area contributed by atoms with Crippen molar-refractivity contribution in [3.63, 3.8) is 0 Å². The first-order valence-electron chi connectivity index (χ1n) is 12.2. The lowest BCUT2D eigenvalue weighted by Gasteiger charge is -2.57. The average Bonchev–Trinajstić information content (AvgIpc) is 2.97. The molecule has 3 nitrogen and oxygen atoms in total. The van der Waals surface area contributed by atoms with E-state index in [0.717, 1.165) is 51.4 Å². The molecule has 0 radical (unpaired) electrons. The maximum absolute atomic E-state index is 13.6. The molecule has 3 fully saturated rings. The number of hydrogen-bond donors (Lipinski definition) is 2. The fourth-order valence-corrected chi connectivity index (χ4v) is 7.95. The molecule has 164 valence electrons. The minimum atomic E-state index is -0.216. The van der Waals surface area contributed by atoms with Crippen molar-refractivity contribution in [3.8, 4) is 0 Å². The van der Waals surface area contributed by atoms with Gasteiger partial charge in [0.25, 0.3) is 0 Å². The smallest absolute Gasteiger partial charge is 0.137 e. The van der Waals surface area contributed by atoms with Crippen molar-refractivity contribution in [2.75, 3.05) is 0 Å². The lowest BCUT2D eigenvalue weighted by atomic mass is 9.47. The maximum atomic E-state index is 13.6. The third-order valence-corrected chi connectivity index (χ3v) is 9.78. The van der Waals surface area contributed by atoms with E-state index in [0.29, 0.717) is 29.5 Å². The number of ketones is 1. The van der Waals surface area contributed by atoms with Crippen LogP contribution in [-0.4, -0.2) is 28.2 Å². The van der Waals surface area contributed by atoms with Gasteiger partial charge in [0, 0.05) is 12.3 Å². The van der Waals surface area contributed by atoms with Gasteiger partial charge in [-0.05, 0) is 85.9 Å². The second-order valence-corrected chi connectivity index (χ2v) is 11.7. The molecular formula is C26H42O3. The van der Waals surface area contributed by atoms with Crippen molar-refractivity contribution in [1.82, 2.24) is 0 Å². The number of Topliss-reactive ketones (excluding diaryl/α,β-unsaturated/α-hetero) is 1. The standard InChI is InChI=1S/C26H42O3/c1-16(2)22(28)7-5-6-17-9-11-21-20-10-8-18-14-19(27)12-13-25(18,3)24(20)23(29)15-26(17,21)4/h8,16-17,19-22,24,27-28H,5-7,9-15H2,1-4H3. The van der Waals surface area contributed by atoms with E-state index in [2.05, 4.69) is 33.8 Å². The van der Waals surface area contributed by atoms with Gasteiger partial charge in [-0.1, -0.05) is 45.8 Å².